The van der Waals surface area contributed by atoms with E-state index in [0.29, 0.717) is 6.61 Å². The van der Waals surface area contributed by atoms with E-state index in [9.17, 15) is 0 Å². The van der Waals surface area contributed by atoms with E-state index in [0.717, 1.165) is 30.4 Å². The van der Waals surface area contributed by atoms with Crippen LogP contribution in [0.3, 0.4) is 0 Å². The number of rotatable bonds is 7. The summed E-state index contributed by atoms with van der Waals surface area (Å²) in [4.78, 5) is 2.54. The molecule has 1 heterocycles. The third-order valence-electron chi connectivity index (χ3n) is 3.41. The van der Waals surface area contributed by atoms with E-state index in [1.54, 1.807) is 0 Å². The lowest BCUT2D eigenvalue weighted by Gasteiger charge is -2.26. The molecule has 1 aromatic rings. The van der Waals surface area contributed by atoms with Crippen LogP contribution in [0.5, 0.6) is 5.75 Å². The lowest BCUT2D eigenvalue weighted by Crippen LogP contribution is -2.36. The van der Waals surface area contributed by atoms with Gasteiger partial charge >= 0.3 is 0 Å². The molecule has 0 aromatic heterocycles. The van der Waals surface area contributed by atoms with Crippen molar-refractivity contribution in [3.8, 4) is 5.75 Å². The predicted molar refractivity (Wildman–Crippen MR) is 80.1 cm³/mol. The van der Waals surface area contributed by atoms with Gasteiger partial charge in [0.1, 0.15) is 12.4 Å². The molecule has 0 bridgehead atoms. The Kier molecular flexibility index (Phi) is 6.48. The number of benzene rings is 1. The summed E-state index contributed by atoms with van der Waals surface area (Å²) in [6.45, 7) is 6.31. The van der Waals surface area contributed by atoms with E-state index < -0.39 is 0 Å². The van der Waals surface area contributed by atoms with E-state index in [1.807, 2.05) is 24.3 Å². The van der Waals surface area contributed by atoms with Gasteiger partial charge in [0.05, 0.1) is 0 Å². The molecule has 19 heavy (non-hydrogen) atoms. The highest BCUT2D eigenvalue weighted by atomic mass is 35.5. The zero-order chi connectivity index (χ0) is 13.3. The van der Waals surface area contributed by atoms with Crippen LogP contribution >= 0.6 is 11.6 Å². The lowest BCUT2D eigenvalue weighted by molar-refractivity contribution is 0.226. The Labute approximate surface area is 120 Å². The molecule has 1 fully saturated rings. The third-order valence-corrected chi connectivity index (χ3v) is 3.67. The van der Waals surface area contributed by atoms with Crippen LogP contribution in [0.15, 0.2) is 24.3 Å². The summed E-state index contributed by atoms with van der Waals surface area (Å²) >= 11 is 5.82. The van der Waals surface area contributed by atoms with Crippen LogP contribution in [-0.4, -0.2) is 44.2 Å². The Balaban J connectivity index is 1.49. The zero-order valence-corrected chi connectivity index (χ0v) is 12.2. The second-order valence-electron chi connectivity index (χ2n) is 4.95. The highest BCUT2D eigenvalue weighted by molar-refractivity contribution is 6.30. The first-order valence-electron chi connectivity index (χ1n) is 7.16. The van der Waals surface area contributed by atoms with Gasteiger partial charge in [0.2, 0.25) is 0 Å². The van der Waals surface area contributed by atoms with Gasteiger partial charge in [-0.3, -0.25) is 0 Å². The van der Waals surface area contributed by atoms with Gasteiger partial charge < -0.3 is 15.0 Å². The van der Waals surface area contributed by atoms with Crippen molar-refractivity contribution in [1.29, 1.82) is 0 Å². The largest absolute Gasteiger partial charge is 0.492 e. The monoisotopic (exact) mass is 282 g/mol. The maximum atomic E-state index is 5.82. The van der Waals surface area contributed by atoms with Gasteiger partial charge in [-0.2, -0.15) is 0 Å². The number of piperidine rings is 1. The normalized spacial score (nSPS) is 16.5. The maximum absolute atomic E-state index is 5.82. The fourth-order valence-electron chi connectivity index (χ4n) is 2.32. The fourth-order valence-corrected chi connectivity index (χ4v) is 2.44. The van der Waals surface area contributed by atoms with Crippen molar-refractivity contribution in [2.45, 2.75) is 19.3 Å². The van der Waals surface area contributed by atoms with Gasteiger partial charge in [0.25, 0.3) is 0 Å². The minimum absolute atomic E-state index is 0.696. The molecule has 106 valence electrons. The van der Waals surface area contributed by atoms with Gasteiger partial charge in [-0.25, -0.2) is 0 Å². The minimum Gasteiger partial charge on any atom is -0.492 e. The van der Waals surface area contributed by atoms with Crippen LogP contribution in [0.4, 0.5) is 0 Å². The smallest absolute Gasteiger partial charge is 0.119 e. The third kappa shape index (κ3) is 5.81. The molecule has 1 saturated heterocycles. The van der Waals surface area contributed by atoms with Crippen LogP contribution in [0.25, 0.3) is 0 Å². The van der Waals surface area contributed by atoms with Gasteiger partial charge in [-0.15, -0.1) is 0 Å². The molecule has 1 N–H and O–H groups in total. The van der Waals surface area contributed by atoms with Gasteiger partial charge in [-0.05, 0) is 50.2 Å². The lowest BCUT2D eigenvalue weighted by atomic mass is 10.1. The first-order chi connectivity index (χ1) is 9.34. The number of nitrogens with zero attached hydrogens (tertiary/aromatic N) is 1. The average Bonchev–Trinajstić information content (AvgIpc) is 2.46. The Morgan fingerprint density at radius 3 is 2.53 bits per heavy atom. The molecule has 0 spiro atoms. The summed E-state index contributed by atoms with van der Waals surface area (Å²) in [6.07, 6.45) is 4.12. The number of nitrogens with one attached hydrogen (secondary N) is 1. The quantitative estimate of drug-likeness (QED) is 0.779. The van der Waals surface area contributed by atoms with E-state index in [4.69, 9.17) is 16.3 Å². The van der Waals surface area contributed by atoms with Crippen LogP contribution in [-0.2, 0) is 0 Å². The first-order valence-corrected chi connectivity index (χ1v) is 7.54. The van der Waals surface area contributed by atoms with Crippen molar-refractivity contribution >= 4 is 11.6 Å². The van der Waals surface area contributed by atoms with E-state index in [1.165, 1.54) is 32.4 Å². The van der Waals surface area contributed by atoms with Crippen LogP contribution in [0, 0.1) is 0 Å². The molecule has 1 aliphatic rings. The summed E-state index contributed by atoms with van der Waals surface area (Å²) in [5.74, 6) is 0.877. The van der Waals surface area contributed by atoms with Crippen molar-refractivity contribution in [1.82, 2.24) is 10.2 Å². The average molecular weight is 283 g/mol. The Bertz CT molecular complexity index is 350. The summed E-state index contributed by atoms with van der Waals surface area (Å²) in [7, 11) is 0. The number of hydrogen-bond acceptors (Lipinski definition) is 3. The van der Waals surface area contributed by atoms with Crippen LogP contribution in [0.1, 0.15) is 19.3 Å². The summed E-state index contributed by atoms with van der Waals surface area (Å²) in [5.41, 5.74) is 0. The number of halogens is 1. The zero-order valence-electron chi connectivity index (χ0n) is 11.4. The maximum Gasteiger partial charge on any atom is 0.119 e. The number of likely N-dealkylation sites (tertiary alicyclic amines) is 1. The molecule has 0 radical (unpaired) electrons. The van der Waals surface area contributed by atoms with Crippen molar-refractivity contribution < 1.29 is 4.74 Å². The van der Waals surface area contributed by atoms with Gasteiger partial charge in [0.15, 0.2) is 0 Å². The molecule has 1 aliphatic heterocycles. The summed E-state index contributed by atoms with van der Waals surface area (Å²) in [6, 6.07) is 7.49. The van der Waals surface area contributed by atoms with Crippen molar-refractivity contribution in [2.75, 3.05) is 39.3 Å². The van der Waals surface area contributed by atoms with E-state index in [-0.39, 0.29) is 0 Å². The summed E-state index contributed by atoms with van der Waals surface area (Å²) < 4.78 is 5.62. The molecular formula is C15H23ClN2O. The van der Waals surface area contributed by atoms with E-state index >= 15 is 0 Å². The molecule has 0 saturated carbocycles. The van der Waals surface area contributed by atoms with E-state index in [2.05, 4.69) is 10.2 Å². The van der Waals surface area contributed by atoms with Crippen molar-refractivity contribution in [2.24, 2.45) is 0 Å². The highest BCUT2D eigenvalue weighted by Crippen LogP contribution is 2.15. The predicted octanol–water partition coefficient (Wildman–Crippen LogP) is 2.79. The second kappa shape index (κ2) is 8.41. The molecule has 3 nitrogen and oxygen atoms in total. The summed E-state index contributed by atoms with van der Waals surface area (Å²) in [5, 5.41) is 4.16. The molecule has 4 heteroatoms. The van der Waals surface area contributed by atoms with Gasteiger partial charge in [0, 0.05) is 24.7 Å². The Morgan fingerprint density at radius 2 is 1.79 bits per heavy atom. The molecule has 0 amide bonds. The number of hydrogen-bond donors (Lipinski definition) is 1. The number of ether oxygens (including phenoxy) is 1. The highest BCUT2D eigenvalue weighted by Gasteiger charge is 2.08. The molecule has 0 unspecified atom stereocenters. The Morgan fingerprint density at radius 1 is 1.05 bits per heavy atom. The second-order valence-corrected chi connectivity index (χ2v) is 5.39. The first kappa shape index (κ1) is 14.6. The minimum atomic E-state index is 0.696. The SMILES string of the molecule is Clc1ccc(OCCNCCN2CCCCC2)cc1. The van der Waals surface area contributed by atoms with Crippen molar-refractivity contribution in [3.63, 3.8) is 0 Å². The van der Waals surface area contributed by atoms with Crippen LogP contribution in [0.2, 0.25) is 5.02 Å². The Hall–Kier alpha value is -0.770. The van der Waals surface area contributed by atoms with Crippen LogP contribution < -0.4 is 10.1 Å². The van der Waals surface area contributed by atoms with Crippen molar-refractivity contribution in [3.05, 3.63) is 29.3 Å². The molecular weight excluding hydrogens is 260 g/mol. The molecule has 0 aliphatic carbocycles. The molecule has 1 aromatic carbocycles. The fraction of sp³-hybridized carbons (Fsp3) is 0.600. The van der Waals surface area contributed by atoms with Gasteiger partial charge in [-0.1, -0.05) is 18.0 Å². The molecule has 0 atom stereocenters. The molecule has 2 rings (SSSR count). The standard InChI is InChI=1S/C15H23ClN2O/c16-14-4-6-15(7-5-14)19-13-9-17-8-12-18-10-2-1-3-11-18/h4-7,17H,1-3,8-13H2. The topological polar surface area (TPSA) is 24.5 Å².